The molecule has 0 atom stereocenters. The second-order valence-electron chi connectivity index (χ2n) is 2.37. The molecule has 12 heavy (non-hydrogen) atoms. The Hall–Kier alpha value is -1.03. The van der Waals surface area contributed by atoms with E-state index in [4.69, 9.17) is 5.11 Å². The minimum Gasteiger partial charge on any atom is -0.478 e. The van der Waals surface area contributed by atoms with Crippen molar-refractivity contribution in [3.63, 3.8) is 0 Å². The summed E-state index contributed by atoms with van der Waals surface area (Å²) in [6.07, 6.45) is 3.47. The van der Waals surface area contributed by atoms with E-state index in [1.165, 1.54) is 11.8 Å². The Bertz CT molecular complexity index is 312. The number of aromatic nitrogens is 1. The molecule has 0 bridgehead atoms. The van der Waals surface area contributed by atoms with E-state index in [9.17, 15) is 4.79 Å². The lowest BCUT2D eigenvalue weighted by Gasteiger charge is -2.01. The molecule has 1 aromatic heterocycles. The number of carboxylic acid groups (broad SMARTS) is 1. The first-order valence-corrected chi connectivity index (χ1v) is 4.61. The highest BCUT2D eigenvalue weighted by Gasteiger charge is 2.09. The topological polar surface area (TPSA) is 50.2 Å². The molecule has 0 radical (unpaired) electrons. The molecular weight excluding hydrogens is 174 g/mol. The molecule has 0 spiro atoms. The van der Waals surface area contributed by atoms with E-state index in [1.54, 1.807) is 12.3 Å². The van der Waals surface area contributed by atoms with Gasteiger partial charge < -0.3 is 5.11 Å². The summed E-state index contributed by atoms with van der Waals surface area (Å²) in [4.78, 5) is 14.7. The summed E-state index contributed by atoms with van der Waals surface area (Å²) in [6, 6.07) is 1.63. The maximum absolute atomic E-state index is 10.7. The summed E-state index contributed by atoms with van der Waals surface area (Å²) in [7, 11) is 0. The highest BCUT2D eigenvalue weighted by molar-refractivity contribution is 7.98. The second kappa shape index (κ2) is 3.58. The van der Waals surface area contributed by atoms with Crippen LogP contribution in [0.1, 0.15) is 15.9 Å². The van der Waals surface area contributed by atoms with Crippen LogP contribution in [-0.4, -0.2) is 22.3 Å². The number of carboxylic acids is 1. The van der Waals surface area contributed by atoms with Gasteiger partial charge in [-0.05, 0) is 24.8 Å². The van der Waals surface area contributed by atoms with Crippen LogP contribution in [0.2, 0.25) is 0 Å². The fourth-order valence-electron chi connectivity index (χ4n) is 0.873. The highest BCUT2D eigenvalue weighted by Crippen LogP contribution is 2.17. The molecule has 0 aromatic carbocycles. The van der Waals surface area contributed by atoms with Gasteiger partial charge in [-0.1, -0.05) is 0 Å². The summed E-state index contributed by atoms with van der Waals surface area (Å²) < 4.78 is 0. The first kappa shape index (κ1) is 9.06. The summed E-state index contributed by atoms with van der Waals surface area (Å²) in [5.74, 6) is -0.921. The van der Waals surface area contributed by atoms with Crippen molar-refractivity contribution in [2.75, 3.05) is 6.26 Å². The summed E-state index contributed by atoms with van der Waals surface area (Å²) >= 11 is 1.34. The van der Waals surface area contributed by atoms with Gasteiger partial charge in [-0.25, -0.2) is 9.78 Å². The summed E-state index contributed by atoms with van der Waals surface area (Å²) in [6.45, 7) is 1.82. The average Bonchev–Trinajstić information content (AvgIpc) is 2.04. The van der Waals surface area contributed by atoms with Gasteiger partial charge in [0.2, 0.25) is 0 Å². The Kier molecular flexibility index (Phi) is 2.70. The summed E-state index contributed by atoms with van der Waals surface area (Å²) in [5, 5.41) is 9.33. The van der Waals surface area contributed by atoms with Gasteiger partial charge in [-0.15, -0.1) is 11.8 Å². The van der Waals surface area contributed by atoms with Crippen molar-refractivity contribution < 1.29 is 9.90 Å². The van der Waals surface area contributed by atoms with Crippen LogP contribution >= 0.6 is 11.8 Å². The average molecular weight is 183 g/mol. The van der Waals surface area contributed by atoms with Crippen LogP contribution < -0.4 is 0 Å². The molecule has 0 aliphatic carbocycles. The van der Waals surface area contributed by atoms with Crippen molar-refractivity contribution in [1.82, 2.24) is 4.98 Å². The van der Waals surface area contributed by atoms with Crippen LogP contribution in [0.4, 0.5) is 0 Å². The van der Waals surface area contributed by atoms with Crippen molar-refractivity contribution in [1.29, 1.82) is 0 Å². The van der Waals surface area contributed by atoms with E-state index < -0.39 is 5.97 Å². The number of rotatable bonds is 2. The van der Waals surface area contributed by atoms with Gasteiger partial charge in [0.05, 0.1) is 5.56 Å². The van der Waals surface area contributed by atoms with Crippen molar-refractivity contribution in [2.45, 2.75) is 11.9 Å². The van der Waals surface area contributed by atoms with Crippen LogP contribution in [-0.2, 0) is 0 Å². The van der Waals surface area contributed by atoms with E-state index >= 15 is 0 Å². The van der Waals surface area contributed by atoms with E-state index in [1.807, 2.05) is 13.2 Å². The molecule has 0 unspecified atom stereocenters. The second-order valence-corrected chi connectivity index (χ2v) is 3.17. The van der Waals surface area contributed by atoms with Crippen molar-refractivity contribution in [3.8, 4) is 0 Å². The lowest BCUT2D eigenvalue weighted by atomic mass is 10.2. The van der Waals surface area contributed by atoms with Gasteiger partial charge >= 0.3 is 5.97 Å². The highest BCUT2D eigenvalue weighted by atomic mass is 32.2. The molecule has 0 aliphatic rings. The molecule has 0 saturated carbocycles. The Labute approximate surface area is 74.8 Å². The third-order valence-corrected chi connectivity index (χ3v) is 2.12. The quantitative estimate of drug-likeness (QED) is 0.710. The molecule has 0 fully saturated rings. The maximum atomic E-state index is 10.7. The standard InChI is InChI=1S/C8H9NO2S/c1-5-3-6(8(10)11)7(12-2)9-4-5/h3-4H,1-2H3,(H,10,11). The minimum atomic E-state index is -0.921. The molecule has 0 saturated heterocycles. The van der Waals surface area contributed by atoms with Crippen molar-refractivity contribution in [3.05, 3.63) is 23.4 Å². The molecule has 3 nitrogen and oxygen atoms in total. The number of hydrogen-bond acceptors (Lipinski definition) is 3. The fraction of sp³-hybridized carbons (Fsp3) is 0.250. The lowest BCUT2D eigenvalue weighted by Crippen LogP contribution is -2.00. The number of thioether (sulfide) groups is 1. The molecule has 1 heterocycles. The van der Waals surface area contributed by atoms with Gasteiger partial charge in [0.25, 0.3) is 0 Å². The lowest BCUT2D eigenvalue weighted by molar-refractivity contribution is 0.0692. The van der Waals surface area contributed by atoms with Gasteiger partial charge in [0, 0.05) is 6.20 Å². The molecular formula is C8H9NO2S. The normalized spacial score (nSPS) is 9.83. The first-order valence-electron chi connectivity index (χ1n) is 3.39. The number of aryl methyl sites for hydroxylation is 1. The monoisotopic (exact) mass is 183 g/mol. The van der Waals surface area contributed by atoms with Gasteiger partial charge in [-0.3, -0.25) is 0 Å². The van der Waals surface area contributed by atoms with E-state index in [-0.39, 0.29) is 5.56 Å². The van der Waals surface area contributed by atoms with E-state index in [2.05, 4.69) is 4.98 Å². The van der Waals surface area contributed by atoms with Crippen LogP contribution in [0.15, 0.2) is 17.3 Å². The third-order valence-electron chi connectivity index (χ3n) is 1.41. The number of pyridine rings is 1. The van der Waals surface area contributed by atoms with Gasteiger partial charge in [-0.2, -0.15) is 0 Å². The zero-order valence-corrected chi connectivity index (χ0v) is 7.68. The van der Waals surface area contributed by atoms with Crippen LogP contribution in [0.3, 0.4) is 0 Å². The molecule has 1 rings (SSSR count). The smallest absolute Gasteiger partial charge is 0.338 e. The minimum absolute atomic E-state index is 0.280. The van der Waals surface area contributed by atoms with Crippen LogP contribution in [0.25, 0.3) is 0 Å². The molecule has 1 N–H and O–H groups in total. The van der Waals surface area contributed by atoms with E-state index in [0.29, 0.717) is 5.03 Å². The predicted octanol–water partition coefficient (Wildman–Crippen LogP) is 1.81. The molecule has 0 aliphatic heterocycles. The number of carbonyl (C=O) groups is 1. The zero-order valence-electron chi connectivity index (χ0n) is 6.87. The van der Waals surface area contributed by atoms with E-state index in [0.717, 1.165) is 5.56 Å². The van der Waals surface area contributed by atoms with Crippen LogP contribution in [0.5, 0.6) is 0 Å². The Morgan fingerprint density at radius 2 is 2.33 bits per heavy atom. The Balaban J connectivity index is 3.21. The molecule has 4 heteroatoms. The molecule has 0 amide bonds. The zero-order chi connectivity index (χ0) is 9.14. The Morgan fingerprint density at radius 1 is 1.67 bits per heavy atom. The van der Waals surface area contributed by atoms with Crippen molar-refractivity contribution in [2.24, 2.45) is 0 Å². The third kappa shape index (κ3) is 1.76. The summed E-state index contributed by atoms with van der Waals surface area (Å²) in [5.41, 5.74) is 1.15. The largest absolute Gasteiger partial charge is 0.478 e. The van der Waals surface area contributed by atoms with Crippen molar-refractivity contribution >= 4 is 17.7 Å². The number of hydrogen-bond donors (Lipinski definition) is 1. The first-order chi connectivity index (χ1) is 5.65. The van der Waals surface area contributed by atoms with Gasteiger partial charge in [0.15, 0.2) is 0 Å². The fourth-order valence-corrected chi connectivity index (χ4v) is 1.40. The Morgan fingerprint density at radius 3 is 2.83 bits per heavy atom. The SMILES string of the molecule is CSc1ncc(C)cc1C(=O)O. The molecule has 64 valence electrons. The predicted molar refractivity (Wildman–Crippen MR) is 47.7 cm³/mol. The van der Waals surface area contributed by atoms with Crippen LogP contribution in [0, 0.1) is 6.92 Å². The molecule has 1 aromatic rings. The van der Waals surface area contributed by atoms with Gasteiger partial charge in [0.1, 0.15) is 5.03 Å². The number of nitrogens with zero attached hydrogens (tertiary/aromatic N) is 1. The maximum Gasteiger partial charge on any atom is 0.338 e. The number of aromatic carboxylic acids is 1.